The van der Waals surface area contributed by atoms with Gasteiger partial charge in [-0.3, -0.25) is 14.2 Å². The van der Waals surface area contributed by atoms with E-state index in [9.17, 15) is 9.59 Å². The molecule has 0 bridgehead atoms. The van der Waals surface area contributed by atoms with Gasteiger partial charge in [0.15, 0.2) is 11.2 Å². The first-order valence-corrected chi connectivity index (χ1v) is 9.63. The molecule has 0 spiro atoms. The lowest BCUT2D eigenvalue weighted by molar-refractivity contribution is -0.121. The van der Waals surface area contributed by atoms with Crippen LogP contribution in [0.25, 0.3) is 16.9 Å². The molecule has 2 heterocycles. The summed E-state index contributed by atoms with van der Waals surface area (Å²) in [6, 6.07) is 13.8. The normalized spacial score (nSPS) is 11.0. The van der Waals surface area contributed by atoms with Gasteiger partial charge in [0.1, 0.15) is 12.9 Å². The Morgan fingerprint density at radius 2 is 1.80 bits per heavy atom. The SMILES string of the molecule is Cc1ccc(CNC(=O)Cn2cnc3c(nnn3-c3ccc(C)c(C)c3)c2=O)cc1. The van der Waals surface area contributed by atoms with Crippen molar-refractivity contribution < 1.29 is 4.79 Å². The third-order valence-electron chi connectivity index (χ3n) is 5.09. The second-order valence-corrected chi connectivity index (χ2v) is 7.38. The summed E-state index contributed by atoms with van der Waals surface area (Å²) in [5.41, 5.74) is 5.28. The number of rotatable bonds is 5. The van der Waals surface area contributed by atoms with E-state index < -0.39 is 5.56 Å². The summed E-state index contributed by atoms with van der Waals surface area (Å²) < 4.78 is 2.77. The lowest BCUT2D eigenvalue weighted by atomic mass is 10.1. The van der Waals surface area contributed by atoms with Crippen LogP contribution in [0.15, 0.2) is 53.6 Å². The maximum Gasteiger partial charge on any atom is 0.284 e. The monoisotopic (exact) mass is 402 g/mol. The van der Waals surface area contributed by atoms with Gasteiger partial charge in [-0.05, 0) is 49.6 Å². The zero-order valence-electron chi connectivity index (χ0n) is 17.1. The number of carbonyl (C=O) groups is 1. The summed E-state index contributed by atoms with van der Waals surface area (Å²) in [5, 5.41) is 10.9. The van der Waals surface area contributed by atoms with Crippen molar-refractivity contribution in [2.75, 3.05) is 0 Å². The molecule has 2 aromatic carbocycles. The molecule has 0 atom stereocenters. The molecule has 0 saturated heterocycles. The molecule has 30 heavy (non-hydrogen) atoms. The van der Waals surface area contributed by atoms with Crippen molar-refractivity contribution in [3.8, 4) is 5.69 Å². The molecular formula is C22H22N6O2. The fraction of sp³-hybridized carbons (Fsp3) is 0.227. The summed E-state index contributed by atoms with van der Waals surface area (Å²) in [6.07, 6.45) is 1.36. The number of nitrogens with zero attached hydrogens (tertiary/aromatic N) is 5. The third kappa shape index (κ3) is 3.84. The standard InChI is InChI=1S/C22H22N6O2/c1-14-4-7-17(8-5-14)11-23-19(29)12-27-13-24-21-20(22(27)30)25-26-28(21)18-9-6-15(2)16(3)10-18/h4-10,13H,11-12H2,1-3H3,(H,23,29). The van der Waals surface area contributed by atoms with Crippen LogP contribution in [0.5, 0.6) is 0 Å². The van der Waals surface area contributed by atoms with Crippen LogP contribution in [-0.2, 0) is 17.9 Å². The molecule has 1 amide bonds. The van der Waals surface area contributed by atoms with Crippen LogP contribution in [0.4, 0.5) is 0 Å². The first-order valence-electron chi connectivity index (χ1n) is 9.63. The molecule has 0 aliphatic carbocycles. The highest BCUT2D eigenvalue weighted by molar-refractivity contribution is 5.76. The van der Waals surface area contributed by atoms with Crippen molar-refractivity contribution in [3.63, 3.8) is 0 Å². The molecule has 8 heteroatoms. The van der Waals surface area contributed by atoms with Crippen LogP contribution >= 0.6 is 0 Å². The number of aryl methyl sites for hydroxylation is 3. The number of hydrogen-bond acceptors (Lipinski definition) is 5. The summed E-state index contributed by atoms with van der Waals surface area (Å²) in [5.74, 6) is -0.277. The first-order chi connectivity index (χ1) is 14.4. The van der Waals surface area contributed by atoms with Crippen molar-refractivity contribution >= 4 is 17.1 Å². The lowest BCUT2D eigenvalue weighted by Gasteiger charge is -2.08. The van der Waals surface area contributed by atoms with E-state index in [4.69, 9.17) is 0 Å². The van der Waals surface area contributed by atoms with E-state index in [0.29, 0.717) is 12.2 Å². The summed E-state index contributed by atoms with van der Waals surface area (Å²) in [4.78, 5) is 29.4. The minimum atomic E-state index is -0.402. The Morgan fingerprint density at radius 3 is 2.53 bits per heavy atom. The fourth-order valence-electron chi connectivity index (χ4n) is 3.11. The van der Waals surface area contributed by atoms with Crippen LogP contribution in [-0.4, -0.2) is 30.5 Å². The van der Waals surface area contributed by atoms with Gasteiger partial charge in [-0.15, -0.1) is 5.10 Å². The minimum absolute atomic E-state index is 0.127. The maximum atomic E-state index is 12.8. The molecule has 0 aliphatic rings. The second kappa shape index (κ2) is 7.90. The molecule has 0 unspecified atom stereocenters. The van der Waals surface area contributed by atoms with Crippen LogP contribution in [0.2, 0.25) is 0 Å². The molecule has 0 saturated carbocycles. The Balaban J connectivity index is 1.53. The van der Waals surface area contributed by atoms with Crippen LogP contribution < -0.4 is 10.9 Å². The van der Waals surface area contributed by atoms with E-state index >= 15 is 0 Å². The molecular weight excluding hydrogens is 380 g/mol. The van der Waals surface area contributed by atoms with Crippen LogP contribution in [0.1, 0.15) is 22.3 Å². The zero-order valence-corrected chi connectivity index (χ0v) is 17.1. The highest BCUT2D eigenvalue weighted by atomic mass is 16.2. The zero-order chi connectivity index (χ0) is 21.3. The Morgan fingerprint density at radius 1 is 1.03 bits per heavy atom. The van der Waals surface area contributed by atoms with Crippen molar-refractivity contribution in [2.24, 2.45) is 0 Å². The largest absolute Gasteiger partial charge is 0.350 e. The van der Waals surface area contributed by atoms with E-state index in [1.807, 2.05) is 63.2 Å². The quantitative estimate of drug-likeness (QED) is 0.552. The van der Waals surface area contributed by atoms with Gasteiger partial charge in [-0.1, -0.05) is 41.1 Å². The van der Waals surface area contributed by atoms with E-state index in [2.05, 4.69) is 20.6 Å². The lowest BCUT2D eigenvalue weighted by Crippen LogP contribution is -2.32. The molecule has 152 valence electrons. The first kappa shape index (κ1) is 19.5. The summed E-state index contributed by atoms with van der Waals surface area (Å²) >= 11 is 0. The third-order valence-corrected chi connectivity index (χ3v) is 5.09. The number of nitrogens with one attached hydrogen (secondary N) is 1. The van der Waals surface area contributed by atoms with Gasteiger partial charge in [0, 0.05) is 6.54 Å². The Hall–Kier alpha value is -3.81. The van der Waals surface area contributed by atoms with Gasteiger partial charge in [0.25, 0.3) is 5.56 Å². The van der Waals surface area contributed by atoms with E-state index in [-0.39, 0.29) is 18.0 Å². The average molecular weight is 402 g/mol. The predicted octanol–water partition coefficient (Wildman–Crippen LogP) is 2.22. The van der Waals surface area contributed by atoms with Gasteiger partial charge < -0.3 is 5.32 Å². The summed E-state index contributed by atoms with van der Waals surface area (Å²) in [6.45, 7) is 6.30. The van der Waals surface area contributed by atoms with Crippen molar-refractivity contribution in [1.82, 2.24) is 29.9 Å². The van der Waals surface area contributed by atoms with E-state index in [0.717, 1.165) is 27.9 Å². The Kier molecular flexibility index (Phi) is 5.14. The topological polar surface area (TPSA) is 94.7 Å². The highest BCUT2D eigenvalue weighted by Crippen LogP contribution is 2.16. The van der Waals surface area contributed by atoms with Crippen molar-refractivity contribution in [3.05, 3.63) is 81.4 Å². The van der Waals surface area contributed by atoms with Gasteiger partial charge in [0.2, 0.25) is 5.91 Å². The molecule has 1 N–H and O–H groups in total. The van der Waals surface area contributed by atoms with E-state index in [1.54, 1.807) is 0 Å². The van der Waals surface area contributed by atoms with Crippen LogP contribution in [0, 0.1) is 20.8 Å². The molecule has 2 aromatic heterocycles. The maximum absolute atomic E-state index is 12.8. The number of carbonyl (C=O) groups excluding carboxylic acids is 1. The number of hydrogen-bond donors (Lipinski definition) is 1. The predicted molar refractivity (Wildman–Crippen MR) is 113 cm³/mol. The van der Waals surface area contributed by atoms with Crippen molar-refractivity contribution in [1.29, 1.82) is 0 Å². The van der Waals surface area contributed by atoms with Crippen LogP contribution in [0.3, 0.4) is 0 Å². The van der Waals surface area contributed by atoms with Gasteiger partial charge in [-0.2, -0.15) is 4.68 Å². The summed E-state index contributed by atoms with van der Waals surface area (Å²) in [7, 11) is 0. The minimum Gasteiger partial charge on any atom is -0.350 e. The molecule has 0 fully saturated rings. The van der Waals surface area contributed by atoms with Gasteiger partial charge in [-0.25, -0.2) is 4.98 Å². The fourth-order valence-corrected chi connectivity index (χ4v) is 3.11. The Labute approximate surface area is 173 Å². The second-order valence-electron chi connectivity index (χ2n) is 7.38. The average Bonchev–Trinajstić information content (AvgIpc) is 3.16. The number of aromatic nitrogens is 5. The molecule has 0 aliphatic heterocycles. The van der Waals surface area contributed by atoms with Crippen molar-refractivity contribution in [2.45, 2.75) is 33.9 Å². The van der Waals surface area contributed by atoms with E-state index in [1.165, 1.54) is 15.6 Å². The molecule has 4 rings (SSSR count). The number of fused-ring (bicyclic) bond motifs is 1. The Bertz CT molecular complexity index is 1290. The highest BCUT2D eigenvalue weighted by Gasteiger charge is 2.15. The smallest absolute Gasteiger partial charge is 0.284 e. The molecule has 0 radical (unpaired) electrons. The van der Waals surface area contributed by atoms with Gasteiger partial charge in [0.05, 0.1) is 5.69 Å². The number of amides is 1. The molecule has 8 nitrogen and oxygen atoms in total. The van der Waals surface area contributed by atoms with Gasteiger partial charge >= 0.3 is 0 Å². The number of benzene rings is 2. The molecule has 4 aromatic rings.